The third-order valence-corrected chi connectivity index (χ3v) is 5.90. The molecule has 0 radical (unpaired) electrons. The lowest BCUT2D eigenvalue weighted by molar-refractivity contribution is 0.124. The number of nitrogens with zero attached hydrogens (tertiary/aromatic N) is 3. The minimum absolute atomic E-state index is 0.211. The van der Waals surface area contributed by atoms with Gasteiger partial charge in [-0.2, -0.15) is 0 Å². The van der Waals surface area contributed by atoms with Gasteiger partial charge in [0.05, 0.1) is 6.10 Å². The number of piperazine rings is 1. The van der Waals surface area contributed by atoms with E-state index in [1.807, 2.05) is 7.05 Å². The zero-order valence-electron chi connectivity index (χ0n) is 20.0. The number of hydrogen-bond donors (Lipinski definition) is 2. The molecule has 0 saturated carbocycles. The fourth-order valence-corrected chi connectivity index (χ4v) is 3.68. The van der Waals surface area contributed by atoms with Crippen LogP contribution in [0.2, 0.25) is 0 Å². The van der Waals surface area contributed by atoms with Gasteiger partial charge < -0.3 is 25.2 Å². The van der Waals surface area contributed by atoms with Crippen LogP contribution in [0.1, 0.15) is 45.2 Å². The van der Waals surface area contributed by atoms with Gasteiger partial charge in [-0.05, 0) is 44.4 Å². The Hall–Kier alpha value is -1.79. The molecule has 0 aromatic heterocycles. The van der Waals surface area contributed by atoms with E-state index < -0.39 is 0 Å². The summed E-state index contributed by atoms with van der Waals surface area (Å²) < 4.78 is 6.13. The van der Waals surface area contributed by atoms with E-state index >= 15 is 0 Å². The minimum Gasteiger partial charge on any atom is -0.490 e. The molecule has 1 heterocycles. The van der Waals surface area contributed by atoms with Gasteiger partial charge >= 0.3 is 0 Å². The smallest absolute Gasteiger partial charge is 0.191 e. The van der Waals surface area contributed by atoms with Crippen LogP contribution in [-0.4, -0.2) is 74.7 Å². The lowest BCUT2D eigenvalue weighted by atomic mass is 10.1. The Balaban J connectivity index is 1.79. The lowest BCUT2D eigenvalue weighted by Gasteiger charge is -2.35. The van der Waals surface area contributed by atoms with Crippen molar-refractivity contribution in [3.05, 3.63) is 29.3 Å². The molecular formula is C24H43N5O. The van der Waals surface area contributed by atoms with Crippen LogP contribution in [0, 0.1) is 12.8 Å². The molecule has 2 rings (SSSR count). The first-order valence-electron chi connectivity index (χ1n) is 11.6. The van der Waals surface area contributed by atoms with Gasteiger partial charge in [0.15, 0.2) is 5.96 Å². The van der Waals surface area contributed by atoms with Gasteiger partial charge in [-0.1, -0.05) is 32.9 Å². The maximum Gasteiger partial charge on any atom is 0.191 e. The Labute approximate surface area is 184 Å². The van der Waals surface area contributed by atoms with Crippen molar-refractivity contribution in [2.45, 2.75) is 53.7 Å². The van der Waals surface area contributed by atoms with Crippen LogP contribution in [0.5, 0.6) is 5.75 Å². The largest absolute Gasteiger partial charge is 0.490 e. The van der Waals surface area contributed by atoms with Crippen LogP contribution in [0.25, 0.3) is 0 Å². The first-order valence-corrected chi connectivity index (χ1v) is 11.6. The summed E-state index contributed by atoms with van der Waals surface area (Å²) in [5.74, 6) is 2.38. The van der Waals surface area contributed by atoms with E-state index in [0.29, 0.717) is 12.5 Å². The minimum atomic E-state index is 0.211. The number of aliphatic imine (C=N–C) groups is 1. The monoisotopic (exact) mass is 417 g/mol. The molecule has 1 aliphatic rings. The highest BCUT2D eigenvalue weighted by atomic mass is 16.5. The molecule has 2 unspecified atom stereocenters. The van der Waals surface area contributed by atoms with Gasteiger partial charge in [-0.25, -0.2) is 0 Å². The Morgan fingerprint density at radius 3 is 2.43 bits per heavy atom. The molecule has 6 heteroatoms. The highest BCUT2D eigenvalue weighted by molar-refractivity contribution is 5.79. The van der Waals surface area contributed by atoms with E-state index in [-0.39, 0.29) is 6.10 Å². The molecule has 0 amide bonds. The fourth-order valence-electron chi connectivity index (χ4n) is 3.68. The van der Waals surface area contributed by atoms with Crippen molar-refractivity contribution >= 4 is 5.96 Å². The zero-order chi connectivity index (χ0) is 21.9. The predicted octanol–water partition coefficient (Wildman–Crippen LogP) is 3.11. The van der Waals surface area contributed by atoms with E-state index in [0.717, 1.165) is 43.3 Å². The molecule has 6 nitrogen and oxygen atoms in total. The molecule has 1 aromatic carbocycles. The van der Waals surface area contributed by atoms with Gasteiger partial charge in [-0.3, -0.25) is 4.99 Å². The summed E-state index contributed by atoms with van der Waals surface area (Å²) in [6, 6.07) is 6.41. The highest BCUT2D eigenvalue weighted by Crippen LogP contribution is 2.22. The SMILES string of the molecule is CCC(C)Oc1cc(C)ccc1CNC(=NC)NCC(C)CN1CCN(CC)CC1. The van der Waals surface area contributed by atoms with Crippen molar-refractivity contribution < 1.29 is 4.74 Å². The summed E-state index contributed by atoms with van der Waals surface area (Å²) in [5.41, 5.74) is 2.37. The normalized spacial score (nSPS) is 18.1. The Morgan fingerprint density at radius 1 is 1.10 bits per heavy atom. The topological polar surface area (TPSA) is 52.1 Å². The number of hydrogen-bond acceptors (Lipinski definition) is 4. The van der Waals surface area contributed by atoms with E-state index in [4.69, 9.17) is 4.74 Å². The van der Waals surface area contributed by atoms with Crippen molar-refractivity contribution in [2.24, 2.45) is 10.9 Å². The molecular weight excluding hydrogens is 374 g/mol. The average molecular weight is 418 g/mol. The number of ether oxygens (including phenoxy) is 1. The Kier molecular flexibility index (Phi) is 10.4. The second-order valence-corrected chi connectivity index (χ2v) is 8.59. The molecule has 0 aliphatic carbocycles. The summed E-state index contributed by atoms with van der Waals surface area (Å²) in [5, 5.41) is 6.94. The Morgan fingerprint density at radius 2 is 1.80 bits per heavy atom. The van der Waals surface area contributed by atoms with E-state index in [1.54, 1.807) is 0 Å². The summed E-state index contributed by atoms with van der Waals surface area (Å²) in [6.07, 6.45) is 1.21. The van der Waals surface area contributed by atoms with Crippen LogP contribution < -0.4 is 15.4 Å². The molecule has 0 bridgehead atoms. The molecule has 1 saturated heterocycles. The third kappa shape index (κ3) is 8.15. The van der Waals surface area contributed by atoms with Crippen molar-refractivity contribution in [2.75, 3.05) is 52.9 Å². The van der Waals surface area contributed by atoms with Crippen molar-refractivity contribution in [1.82, 2.24) is 20.4 Å². The summed E-state index contributed by atoms with van der Waals surface area (Å²) in [7, 11) is 1.83. The maximum atomic E-state index is 6.13. The number of benzene rings is 1. The predicted molar refractivity (Wildman–Crippen MR) is 127 cm³/mol. The molecule has 2 atom stereocenters. The van der Waals surface area contributed by atoms with Gasteiger partial charge in [-0.15, -0.1) is 0 Å². The maximum absolute atomic E-state index is 6.13. The lowest BCUT2D eigenvalue weighted by Crippen LogP contribution is -2.48. The quantitative estimate of drug-likeness (QED) is 0.453. The summed E-state index contributed by atoms with van der Waals surface area (Å²) >= 11 is 0. The van der Waals surface area contributed by atoms with E-state index in [2.05, 4.69) is 78.2 Å². The van der Waals surface area contributed by atoms with E-state index in [9.17, 15) is 0 Å². The molecule has 1 fully saturated rings. The fraction of sp³-hybridized carbons (Fsp3) is 0.708. The second kappa shape index (κ2) is 12.8. The number of aryl methyl sites for hydroxylation is 1. The van der Waals surface area contributed by atoms with Crippen molar-refractivity contribution in [1.29, 1.82) is 0 Å². The van der Waals surface area contributed by atoms with E-state index in [1.165, 1.54) is 31.7 Å². The van der Waals surface area contributed by atoms with Gasteiger partial charge in [0, 0.05) is 58.4 Å². The van der Waals surface area contributed by atoms with Crippen LogP contribution in [0.3, 0.4) is 0 Å². The highest BCUT2D eigenvalue weighted by Gasteiger charge is 2.17. The molecule has 30 heavy (non-hydrogen) atoms. The molecule has 1 aliphatic heterocycles. The number of likely N-dealkylation sites (N-methyl/N-ethyl adjacent to an activating group) is 1. The second-order valence-electron chi connectivity index (χ2n) is 8.59. The molecule has 170 valence electrons. The average Bonchev–Trinajstić information content (AvgIpc) is 2.75. The van der Waals surface area contributed by atoms with Crippen LogP contribution in [0.15, 0.2) is 23.2 Å². The van der Waals surface area contributed by atoms with Gasteiger partial charge in [0.1, 0.15) is 5.75 Å². The van der Waals surface area contributed by atoms with Gasteiger partial charge in [0.2, 0.25) is 0 Å². The number of guanidine groups is 1. The van der Waals surface area contributed by atoms with Crippen LogP contribution in [-0.2, 0) is 6.54 Å². The van der Waals surface area contributed by atoms with Crippen LogP contribution in [0.4, 0.5) is 0 Å². The number of nitrogens with one attached hydrogen (secondary N) is 2. The molecule has 1 aromatic rings. The first kappa shape index (κ1) is 24.5. The first-order chi connectivity index (χ1) is 14.4. The summed E-state index contributed by atoms with van der Waals surface area (Å²) in [4.78, 5) is 9.51. The Bertz CT molecular complexity index is 655. The van der Waals surface area contributed by atoms with Crippen molar-refractivity contribution in [3.8, 4) is 5.75 Å². The third-order valence-electron chi connectivity index (χ3n) is 5.90. The summed E-state index contributed by atoms with van der Waals surface area (Å²) in [6.45, 7) is 19.6. The van der Waals surface area contributed by atoms with Crippen LogP contribution >= 0.6 is 0 Å². The zero-order valence-corrected chi connectivity index (χ0v) is 20.0. The van der Waals surface area contributed by atoms with Gasteiger partial charge in [0.25, 0.3) is 0 Å². The standard InChI is InChI=1S/C24H43N5O/c1-7-21(5)30-23-15-19(3)9-10-22(23)17-27-24(25-6)26-16-20(4)18-29-13-11-28(8-2)12-14-29/h9-10,15,20-21H,7-8,11-14,16-18H2,1-6H3,(H2,25,26,27). The van der Waals surface area contributed by atoms with Crippen molar-refractivity contribution in [3.63, 3.8) is 0 Å². The number of rotatable bonds is 10. The molecule has 0 spiro atoms. The molecule has 2 N–H and O–H groups in total.